The maximum absolute atomic E-state index is 5.25. The van der Waals surface area contributed by atoms with Crippen molar-refractivity contribution in [2.45, 2.75) is 13.3 Å². The highest BCUT2D eigenvalue weighted by Crippen LogP contribution is 2.21. The van der Waals surface area contributed by atoms with Crippen LogP contribution in [-0.4, -0.2) is 13.7 Å². The van der Waals surface area contributed by atoms with Gasteiger partial charge in [-0.15, -0.1) is 0 Å². The van der Waals surface area contributed by atoms with Crippen LogP contribution in [0.5, 0.6) is 5.75 Å². The fraction of sp³-hybridized carbons (Fsp3) is 0.333. The highest BCUT2D eigenvalue weighted by molar-refractivity contribution is 5.58. The highest BCUT2D eigenvalue weighted by atomic mass is 16.6. The number of aryl methyl sites for hydroxylation is 1. The summed E-state index contributed by atoms with van der Waals surface area (Å²) < 4.78 is 5.25. The summed E-state index contributed by atoms with van der Waals surface area (Å²) in [6.45, 7) is 2.53. The van der Waals surface area contributed by atoms with Gasteiger partial charge < -0.3 is 9.57 Å². The molecule has 0 aliphatic rings. The fourth-order valence-electron chi connectivity index (χ4n) is 1.36. The average Bonchev–Trinajstić information content (AvgIpc) is 2.29. The lowest BCUT2D eigenvalue weighted by Gasteiger charge is -2.06. The number of hydrogen-bond donors (Lipinski definition) is 1. The van der Waals surface area contributed by atoms with Gasteiger partial charge in [-0.2, -0.15) is 0 Å². The summed E-state index contributed by atoms with van der Waals surface area (Å²) in [5.74, 6) is 5.80. The summed E-state index contributed by atoms with van der Waals surface area (Å²) in [4.78, 5) is 4.47. The maximum atomic E-state index is 5.25. The summed E-state index contributed by atoms with van der Waals surface area (Å²) in [5.41, 5.74) is 2.33. The second-order valence-electron chi connectivity index (χ2n) is 3.17. The number of rotatable bonds is 5. The van der Waals surface area contributed by atoms with Gasteiger partial charge in [0, 0.05) is 5.56 Å². The Morgan fingerprint density at radius 3 is 2.80 bits per heavy atom. The molecule has 0 radical (unpaired) electrons. The minimum Gasteiger partial charge on any atom is -0.496 e. The first-order valence-electron chi connectivity index (χ1n) is 4.97. The Morgan fingerprint density at radius 2 is 2.20 bits per heavy atom. The molecular formula is C12H17NO2. The van der Waals surface area contributed by atoms with Crippen LogP contribution in [0, 0.1) is 0 Å². The van der Waals surface area contributed by atoms with Crippen molar-refractivity contribution in [3.63, 3.8) is 0 Å². The van der Waals surface area contributed by atoms with Crippen molar-refractivity contribution in [2.24, 2.45) is 5.90 Å². The smallest absolute Gasteiger partial charge is 0.126 e. The van der Waals surface area contributed by atoms with Gasteiger partial charge in [-0.3, -0.25) is 0 Å². The molecule has 3 heteroatoms. The normalized spacial score (nSPS) is 10.9. The van der Waals surface area contributed by atoms with Crippen molar-refractivity contribution >= 4 is 6.08 Å². The Labute approximate surface area is 90.5 Å². The Bertz CT molecular complexity index is 334. The summed E-state index contributed by atoms with van der Waals surface area (Å²) >= 11 is 0. The van der Waals surface area contributed by atoms with Crippen LogP contribution in [0.1, 0.15) is 18.1 Å². The largest absolute Gasteiger partial charge is 0.496 e. The first-order valence-corrected chi connectivity index (χ1v) is 4.97. The lowest BCUT2D eigenvalue weighted by Crippen LogP contribution is -1.97. The van der Waals surface area contributed by atoms with Crippen LogP contribution in [0.3, 0.4) is 0 Å². The lowest BCUT2D eigenvalue weighted by atomic mass is 10.1. The zero-order valence-corrected chi connectivity index (χ0v) is 9.19. The summed E-state index contributed by atoms with van der Waals surface area (Å²) in [6.07, 6.45) is 4.82. The summed E-state index contributed by atoms with van der Waals surface area (Å²) in [6, 6.07) is 6.14. The Kier molecular flexibility index (Phi) is 4.87. The van der Waals surface area contributed by atoms with Gasteiger partial charge >= 0.3 is 0 Å². The third-order valence-corrected chi connectivity index (χ3v) is 2.19. The van der Waals surface area contributed by atoms with Crippen LogP contribution in [0.15, 0.2) is 24.3 Å². The van der Waals surface area contributed by atoms with E-state index >= 15 is 0 Å². The van der Waals surface area contributed by atoms with Gasteiger partial charge in [0.1, 0.15) is 5.75 Å². The third-order valence-electron chi connectivity index (χ3n) is 2.19. The lowest BCUT2D eigenvalue weighted by molar-refractivity contribution is 0.168. The van der Waals surface area contributed by atoms with Crippen molar-refractivity contribution < 1.29 is 9.57 Å². The topological polar surface area (TPSA) is 44.5 Å². The molecule has 0 aromatic heterocycles. The van der Waals surface area contributed by atoms with Gasteiger partial charge in [-0.25, -0.2) is 5.90 Å². The molecule has 0 heterocycles. The standard InChI is InChI=1S/C12H17NO2/c1-3-10-6-7-12(14-2)11(9-10)5-4-8-15-13/h4-7,9H,3,8,13H2,1-2H3/b5-4+. The van der Waals surface area contributed by atoms with Gasteiger partial charge in [-0.1, -0.05) is 25.1 Å². The predicted molar refractivity (Wildman–Crippen MR) is 61.5 cm³/mol. The van der Waals surface area contributed by atoms with Crippen LogP contribution in [0.25, 0.3) is 6.08 Å². The SMILES string of the molecule is CCc1ccc(OC)c(/C=C/CON)c1. The number of hydrogen-bond acceptors (Lipinski definition) is 3. The van der Waals surface area contributed by atoms with E-state index in [1.54, 1.807) is 7.11 Å². The van der Waals surface area contributed by atoms with E-state index in [0.717, 1.165) is 17.7 Å². The minimum atomic E-state index is 0.402. The van der Waals surface area contributed by atoms with E-state index in [2.05, 4.69) is 23.9 Å². The second-order valence-corrected chi connectivity index (χ2v) is 3.17. The molecule has 15 heavy (non-hydrogen) atoms. The quantitative estimate of drug-likeness (QED) is 0.752. The highest BCUT2D eigenvalue weighted by Gasteiger charge is 1.99. The third kappa shape index (κ3) is 3.38. The second kappa shape index (κ2) is 6.22. The molecule has 0 spiro atoms. The Morgan fingerprint density at radius 1 is 1.40 bits per heavy atom. The molecule has 0 saturated carbocycles. The number of ether oxygens (including phenoxy) is 1. The molecular weight excluding hydrogens is 190 g/mol. The van der Waals surface area contributed by atoms with Crippen molar-refractivity contribution in [3.05, 3.63) is 35.4 Å². The van der Waals surface area contributed by atoms with E-state index in [-0.39, 0.29) is 0 Å². The average molecular weight is 207 g/mol. The Balaban J connectivity index is 2.90. The van der Waals surface area contributed by atoms with E-state index in [0.29, 0.717) is 6.61 Å². The van der Waals surface area contributed by atoms with Crippen molar-refractivity contribution in [1.82, 2.24) is 0 Å². The molecule has 0 fully saturated rings. The number of methoxy groups -OCH3 is 1. The zero-order chi connectivity index (χ0) is 11.1. The van der Waals surface area contributed by atoms with E-state index in [9.17, 15) is 0 Å². The molecule has 0 aliphatic carbocycles. The molecule has 0 amide bonds. The molecule has 1 rings (SSSR count). The van der Waals surface area contributed by atoms with Crippen LogP contribution < -0.4 is 10.6 Å². The number of nitrogens with two attached hydrogens (primary N) is 1. The minimum absolute atomic E-state index is 0.402. The predicted octanol–water partition coefficient (Wildman–Crippen LogP) is 2.16. The molecule has 0 aliphatic heterocycles. The number of benzene rings is 1. The van der Waals surface area contributed by atoms with E-state index in [1.165, 1.54) is 5.56 Å². The van der Waals surface area contributed by atoms with Gasteiger partial charge in [0.25, 0.3) is 0 Å². The van der Waals surface area contributed by atoms with E-state index < -0.39 is 0 Å². The molecule has 3 nitrogen and oxygen atoms in total. The van der Waals surface area contributed by atoms with Crippen molar-refractivity contribution in [3.8, 4) is 5.75 Å². The summed E-state index contributed by atoms with van der Waals surface area (Å²) in [5, 5.41) is 0. The molecule has 0 unspecified atom stereocenters. The molecule has 1 aromatic rings. The van der Waals surface area contributed by atoms with E-state index in [4.69, 9.17) is 10.6 Å². The van der Waals surface area contributed by atoms with Crippen LogP contribution >= 0.6 is 0 Å². The first-order chi connectivity index (χ1) is 7.31. The van der Waals surface area contributed by atoms with Gasteiger partial charge in [0.15, 0.2) is 0 Å². The molecule has 82 valence electrons. The van der Waals surface area contributed by atoms with Gasteiger partial charge in [-0.05, 0) is 24.1 Å². The molecule has 0 saturated heterocycles. The van der Waals surface area contributed by atoms with Gasteiger partial charge in [0.2, 0.25) is 0 Å². The van der Waals surface area contributed by atoms with Crippen molar-refractivity contribution in [2.75, 3.05) is 13.7 Å². The fourth-order valence-corrected chi connectivity index (χ4v) is 1.36. The zero-order valence-electron chi connectivity index (χ0n) is 9.19. The Hall–Kier alpha value is -1.32. The van der Waals surface area contributed by atoms with Gasteiger partial charge in [0.05, 0.1) is 13.7 Å². The molecule has 1 aromatic carbocycles. The summed E-state index contributed by atoms with van der Waals surface area (Å²) in [7, 11) is 1.66. The monoisotopic (exact) mass is 207 g/mol. The van der Waals surface area contributed by atoms with Crippen LogP contribution in [0.4, 0.5) is 0 Å². The van der Waals surface area contributed by atoms with Crippen molar-refractivity contribution in [1.29, 1.82) is 0 Å². The van der Waals surface area contributed by atoms with Crippen LogP contribution in [-0.2, 0) is 11.3 Å². The first kappa shape index (κ1) is 11.8. The maximum Gasteiger partial charge on any atom is 0.126 e. The molecule has 0 bridgehead atoms. The van der Waals surface area contributed by atoms with E-state index in [1.807, 2.05) is 18.2 Å². The molecule has 2 N–H and O–H groups in total. The molecule has 0 atom stereocenters. The van der Waals surface area contributed by atoms with Crippen LogP contribution in [0.2, 0.25) is 0 Å².